The van der Waals surface area contributed by atoms with Crippen molar-refractivity contribution in [1.29, 1.82) is 0 Å². The van der Waals surface area contributed by atoms with Gasteiger partial charge in [0, 0.05) is 23.1 Å². The number of rotatable bonds is 3. The smallest absolute Gasteiger partial charge is 0.255 e. The molecule has 1 aliphatic carbocycles. The fourth-order valence-corrected chi connectivity index (χ4v) is 2.58. The molecule has 0 saturated heterocycles. The Labute approximate surface area is 131 Å². The summed E-state index contributed by atoms with van der Waals surface area (Å²) < 4.78 is 13.4. The zero-order valence-electron chi connectivity index (χ0n) is 12.1. The number of hydrogen-bond acceptors (Lipinski definition) is 3. The van der Waals surface area contributed by atoms with Crippen molar-refractivity contribution < 1.29 is 14.3 Å². The van der Waals surface area contributed by atoms with Gasteiger partial charge < -0.3 is 10.4 Å². The topological polar surface area (TPSA) is 78.0 Å². The van der Waals surface area contributed by atoms with Crippen molar-refractivity contribution in [2.24, 2.45) is 0 Å². The maximum absolute atomic E-state index is 13.4. The van der Waals surface area contributed by atoms with Crippen molar-refractivity contribution >= 4 is 16.8 Å². The highest BCUT2D eigenvalue weighted by molar-refractivity contribution is 6.04. The van der Waals surface area contributed by atoms with Crippen LogP contribution >= 0.6 is 0 Å². The number of phenols is 1. The fourth-order valence-electron chi connectivity index (χ4n) is 2.58. The highest BCUT2D eigenvalue weighted by atomic mass is 19.1. The summed E-state index contributed by atoms with van der Waals surface area (Å²) in [6.07, 6.45) is 1.93. The van der Waals surface area contributed by atoms with Crippen LogP contribution in [0.4, 0.5) is 4.39 Å². The predicted octanol–water partition coefficient (Wildman–Crippen LogP) is 2.97. The summed E-state index contributed by atoms with van der Waals surface area (Å²) in [5, 5.41) is 20.6. The molecule has 23 heavy (non-hydrogen) atoms. The van der Waals surface area contributed by atoms with Crippen molar-refractivity contribution in [3.63, 3.8) is 0 Å². The number of H-pyrrole nitrogens is 1. The summed E-state index contributed by atoms with van der Waals surface area (Å²) >= 11 is 0. The number of aromatic nitrogens is 2. The Morgan fingerprint density at radius 2 is 2.13 bits per heavy atom. The van der Waals surface area contributed by atoms with E-state index in [0.717, 1.165) is 12.8 Å². The molecule has 5 nitrogen and oxygen atoms in total. The molecule has 1 amide bonds. The van der Waals surface area contributed by atoms with Gasteiger partial charge >= 0.3 is 0 Å². The van der Waals surface area contributed by atoms with Gasteiger partial charge in [-0.1, -0.05) is 12.1 Å². The lowest BCUT2D eigenvalue weighted by atomic mass is 10.0. The summed E-state index contributed by atoms with van der Waals surface area (Å²) in [5.41, 5.74) is 1.93. The minimum atomic E-state index is -0.357. The molecule has 4 rings (SSSR count). The van der Waals surface area contributed by atoms with Crippen molar-refractivity contribution in [2.75, 3.05) is 0 Å². The summed E-state index contributed by atoms with van der Waals surface area (Å²) in [6, 6.07) is 9.34. The quantitative estimate of drug-likeness (QED) is 0.696. The molecule has 3 aromatic rings. The van der Waals surface area contributed by atoms with Crippen molar-refractivity contribution in [1.82, 2.24) is 15.5 Å². The zero-order valence-corrected chi connectivity index (χ0v) is 12.1. The lowest BCUT2D eigenvalue weighted by Crippen LogP contribution is -2.25. The van der Waals surface area contributed by atoms with Crippen LogP contribution in [0.5, 0.6) is 5.75 Å². The maximum atomic E-state index is 13.4. The molecule has 3 N–H and O–H groups in total. The van der Waals surface area contributed by atoms with Crippen molar-refractivity contribution in [2.45, 2.75) is 18.9 Å². The molecule has 0 aliphatic heterocycles. The normalized spacial score (nSPS) is 14.1. The van der Waals surface area contributed by atoms with E-state index in [0.29, 0.717) is 22.2 Å². The van der Waals surface area contributed by atoms with Crippen LogP contribution in [0.25, 0.3) is 22.2 Å². The Morgan fingerprint density at radius 3 is 2.87 bits per heavy atom. The Hall–Kier alpha value is -2.89. The number of nitrogens with one attached hydrogen (secondary N) is 2. The van der Waals surface area contributed by atoms with E-state index in [4.69, 9.17) is 0 Å². The fraction of sp³-hybridized carbons (Fsp3) is 0.176. The van der Waals surface area contributed by atoms with Crippen LogP contribution in [0.1, 0.15) is 23.2 Å². The lowest BCUT2D eigenvalue weighted by molar-refractivity contribution is 0.0948. The number of fused-ring (bicyclic) bond motifs is 1. The molecule has 1 heterocycles. The zero-order chi connectivity index (χ0) is 16.0. The summed E-state index contributed by atoms with van der Waals surface area (Å²) in [7, 11) is 0. The SMILES string of the molecule is O=C(NC1CC1)c1cc2c(-c3cccc(F)c3)n[nH]c2cc1O. The maximum Gasteiger partial charge on any atom is 0.255 e. The Kier molecular flexibility index (Phi) is 3.04. The lowest BCUT2D eigenvalue weighted by Gasteiger charge is -2.06. The number of nitrogens with zero attached hydrogens (tertiary/aromatic N) is 1. The van der Waals surface area contributed by atoms with Gasteiger partial charge in [0.1, 0.15) is 17.3 Å². The van der Waals surface area contributed by atoms with Gasteiger partial charge in [-0.15, -0.1) is 0 Å². The van der Waals surface area contributed by atoms with Crippen molar-refractivity contribution in [3.05, 3.63) is 47.8 Å². The molecule has 0 spiro atoms. The second-order valence-electron chi connectivity index (χ2n) is 5.75. The third-order valence-corrected chi connectivity index (χ3v) is 3.93. The molecule has 0 radical (unpaired) electrons. The van der Waals surface area contributed by atoms with E-state index < -0.39 is 0 Å². The third-order valence-electron chi connectivity index (χ3n) is 3.93. The molecule has 116 valence electrons. The van der Waals surface area contributed by atoms with Crippen LogP contribution in [0.2, 0.25) is 0 Å². The van der Waals surface area contributed by atoms with E-state index in [1.165, 1.54) is 18.2 Å². The molecule has 1 fully saturated rings. The number of hydrogen-bond donors (Lipinski definition) is 3. The Bertz CT molecular complexity index is 915. The predicted molar refractivity (Wildman–Crippen MR) is 83.6 cm³/mol. The van der Waals surface area contributed by atoms with E-state index in [1.54, 1.807) is 18.2 Å². The number of amides is 1. The van der Waals surface area contributed by atoms with E-state index in [2.05, 4.69) is 15.5 Å². The van der Waals surface area contributed by atoms with Crippen LogP contribution in [-0.4, -0.2) is 27.3 Å². The number of carbonyl (C=O) groups excluding carboxylic acids is 1. The van der Waals surface area contributed by atoms with E-state index in [9.17, 15) is 14.3 Å². The molecule has 1 aromatic heterocycles. The summed E-state index contributed by atoms with van der Waals surface area (Å²) in [5.74, 6) is -0.771. The first-order valence-corrected chi connectivity index (χ1v) is 7.40. The van der Waals surface area contributed by atoms with Crippen LogP contribution in [0.3, 0.4) is 0 Å². The molecule has 2 aromatic carbocycles. The van der Waals surface area contributed by atoms with E-state index in [-0.39, 0.29) is 29.1 Å². The number of halogens is 1. The van der Waals surface area contributed by atoms with Gasteiger partial charge in [0.15, 0.2) is 0 Å². The Balaban J connectivity index is 1.82. The minimum Gasteiger partial charge on any atom is -0.507 e. The first-order chi connectivity index (χ1) is 11.1. The van der Waals surface area contributed by atoms with Crippen molar-refractivity contribution in [3.8, 4) is 17.0 Å². The molecule has 0 unspecified atom stereocenters. The number of phenolic OH excluding ortho intramolecular Hbond substituents is 1. The molecule has 0 atom stereocenters. The summed E-state index contributed by atoms with van der Waals surface area (Å²) in [4.78, 5) is 12.2. The number of carbonyl (C=O) groups is 1. The van der Waals surface area contributed by atoms with Gasteiger partial charge in [-0.3, -0.25) is 9.89 Å². The van der Waals surface area contributed by atoms with Gasteiger partial charge in [0.05, 0.1) is 11.1 Å². The average molecular weight is 311 g/mol. The minimum absolute atomic E-state index is 0.106. The second kappa shape index (κ2) is 5.08. The molecule has 1 aliphatic rings. The monoisotopic (exact) mass is 311 g/mol. The largest absolute Gasteiger partial charge is 0.507 e. The van der Waals surface area contributed by atoms with Crippen LogP contribution < -0.4 is 5.32 Å². The highest BCUT2D eigenvalue weighted by Crippen LogP contribution is 2.32. The van der Waals surface area contributed by atoms with E-state index in [1.807, 2.05) is 0 Å². The highest BCUT2D eigenvalue weighted by Gasteiger charge is 2.25. The molecular formula is C17H14FN3O2. The first kappa shape index (κ1) is 13.8. The first-order valence-electron chi connectivity index (χ1n) is 7.40. The van der Waals surface area contributed by atoms with Crippen LogP contribution in [0.15, 0.2) is 36.4 Å². The standard InChI is InChI=1S/C17H14FN3O2/c18-10-3-1-2-9(6-10)16-12-7-13(17(23)19-11-4-5-11)15(22)8-14(12)20-21-16/h1-3,6-8,11,22H,4-5H2,(H,19,23)(H,20,21). The van der Waals surface area contributed by atoms with Gasteiger partial charge in [-0.2, -0.15) is 5.10 Å². The van der Waals surface area contributed by atoms with Crippen LogP contribution in [0, 0.1) is 5.82 Å². The number of benzene rings is 2. The number of aromatic amines is 1. The number of aromatic hydroxyl groups is 1. The second-order valence-corrected chi connectivity index (χ2v) is 5.75. The Morgan fingerprint density at radius 1 is 1.30 bits per heavy atom. The molecule has 0 bridgehead atoms. The molecular weight excluding hydrogens is 297 g/mol. The van der Waals surface area contributed by atoms with Crippen LogP contribution in [-0.2, 0) is 0 Å². The third kappa shape index (κ3) is 2.52. The van der Waals surface area contributed by atoms with Gasteiger partial charge in [-0.25, -0.2) is 4.39 Å². The average Bonchev–Trinajstić information content (AvgIpc) is 3.24. The molecule has 1 saturated carbocycles. The van der Waals surface area contributed by atoms with Gasteiger partial charge in [-0.05, 0) is 31.0 Å². The van der Waals surface area contributed by atoms with E-state index >= 15 is 0 Å². The molecule has 6 heteroatoms. The van der Waals surface area contributed by atoms with Gasteiger partial charge in [0.2, 0.25) is 0 Å². The summed E-state index contributed by atoms with van der Waals surface area (Å²) in [6.45, 7) is 0. The van der Waals surface area contributed by atoms with Gasteiger partial charge in [0.25, 0.3) is 5.91 Å².